The summed E-state index contributed by atoms with van der Waals surface area (Å²) in [7, 11) is 1.69. The molecule has 1 aromatic carbocycles. The van der Waals surface area contributed by atoms with E-state index in [0.717, 1.165) is 25.8 Å². The van der Waals surface area contributed by atoms with Gasteiger partial charge in [-0.2, -0.15) is 0 Å². The standard InChI is InChI=1S/C14H23NO2/c1-17-12-14(9-11-16)15-10-5-8-13-6-3-2-4-7-13/h2-4,6-7,14-16H,5,8-12H2,1H3. The van der Waals surface area contributed by atoms with Crippen LogP contribution in [0.3, 0.4) is 0 Å². The number of hydrogen-bond acceptors (Lipinski definition) is 3. The first kappa shape index (κ1) is 14.2. The largest absolute Gasteiger partial charge is 0.396 e. The van der Waals surface area contributed by atoms with E-state index in [-0.39, 0.29) is 12.6 Å². The van der Waals surface area contributed by atoms with Gasteiger partial charge in [0.25, 0.3) is 0 Å². The third-order valence-corrected chi connectivity index (χ3v) is 2.76. The minimum absolute atomic E-state index is 0.208. The third-order valence-electron chi connectivity index (χ3n) is 2.76. The van der Waals surface area contributed by atoms with Crippen LogP contribution in [0.25, 0.3) is 0 Å². The zero-order chi connectivity index (χ0) is 12.3. The first-order valence-electron chi connectivity index (χ1n) is 6.24. The van der Waals surface area contributed by atoms with Crippen LogP contribution in [0, 0.1) is 0 Å². The maximum Gasteiger partial charge on any atom is 0.0616 e. The second-order valence-corrected chi connectivity index (χ2v) is 4.21. The first-order chi connectivity index (χ1) is 8.36. The Morgan fingerprint density at radius 1 is 1.29 bits per heavy atom. The number of aryl methyl sites for hydroxylation is 1. The van der Waals surface area contributed by atoms with Crippen molar-refractivity contribution >= 4 is 0 Å². The highest BCUT2D eigenvalue weighted by Gasteiger charge is 2.05. The van der Waals surface area contributed by atoms with Gasteiger partial charge in [0.05, 0.1) is 6.61 Å². The van der Waals surface area contributed by atoms with E-state index in [1.165, 1.54) is 5.56 Å². The molecule has 0 saturated heterocycles. The highest BCUT2D eigenvalue weighted by Crippen LogP contribution is 2.02. The number of aliphatic hydroxyl groups excluding tert-OH is 1. The molecule has 17 heavy (non-hydrogen) atoms. The topological polar surface area (TPSA) is 41.5 Å². The van der Waals surface area contributed by atoms with E-state index in [1.54, 1.807) is 7.11 Å². The number of methoxy groups -OCH3 is 1. The van der Waals surface area contributed by atoms with Crippen LogP contribution in [0.1, 0.15) is 18.4 Å². The van der Waals surface area contributed by atoms with Crippen molar-refractivity contribution < 1.29 is 9.84 Å². The Labute approximate surface area is 104 Å². The predicted molar refractivity (Wildman–Crippen MR) is 70.1 cm³/mol. The van der Waals surface area contributed by atoms with Crippen molar-refractivity contribution in [3.63, 3.8) is 0 Å². The summed E-state index contributed by atoms with van der Waals surface area (Å²) in [6.45, 7) is 1.83. The maximum atomic E-state index is 8.90. The molecule has 1 atom stereocenters. The fourth-order valence-corrected chi connectivity index (χ4v) is 1.84. The summed E-state index contributed by atoms with van der Waals surface area (Å²) in [6, 6.07) is 10.8. The molecule has 0 amide bonds. The van der Waals surface area contributed by atoms with Gasteiger partial charge in [-0.25, -0.2) is 0 Å². The number of aliphatic hydroxyl groups is 1. The van der Waals surface area contributed by atoms with Crippen LogP contribution >= 0.6 is 0 Å². The first-order valence-corrected chi connectivity index (χ1v) is 6.24. The predicted octanol–water partition coefficient (Wildman–Crippen LogP) is 1.61. The van der Waals surface area contributed by atoms with Crippen molar-refractivity contribution in [2.45, 2.75) is 25.3 Å². The Morgan fingerprint density at radius 2 is 2.06 bits per heavy atom. The average molecular weight is 237 g/mol. The number of hydrogen-bond donors (Lipinski definition) is 2. The van der Waals surface area contributed by atoms with Gasteiger partial charge in [-0.1, -0.05) is 30.3 Å². The second-order valence-electron chi connectivity index (χ2n) is 4.21. The van der Waals surface area contributed by atoms with Gasteiger partial charge >= 0.3 is 0 Å². The monoisotopic (exact) mass is 237 g/mol. The Balaban J connectivity index is 2.13. The summed E-state index contributed by atoms with van der Waals surface area (Å²) in [5, 5.41) is 12.3. The summed E-state index contributed by atoms with van der Waals surface area (Å²) in [4.78, 5) is 0. The molecule has 0 radical (unpaired) electrons. The molecule has 0 aromatic heterocycles. The number of rotatable bonds is 9. The van der Waals surface area contributed by atoms with E-state index < -0.39 is 0 Å². The van der Waals surface area contributed by atoms with Crippen molar-refractivity contribution in [2.24, 2.45) is 0 Å². The summed E-state index contributed by atoms with van der Waals surface area (Å²) in [6.07, 6.45) is 2.95. The summed E-state index contributed by atoms with van der Waals surface area (Å²) < 4.78 is 5.10. The van der Waals surface area contributed by atoms with Crippen molar-refractivity contribution in [2.75, 3.05) is 26.9 Å². The molecule has 1 aromatic rings. The van der Waals surface area contributed by atoms with E-state index in [2.05, 4.69) is 29.6 Å². The van der Waals surface area contributed by atoms with E-state index >= 15 is 0 Å². The van der Waals surface area contributed by atoms with Gasteiger partial charge < -0.3 is 15.2 Å². The Bertz CT molecular complexity index is 271. The van der Waals surface area contributed by atoms with Crippen LogP contribution in [-0.2, 0) is 11.2 Å². The highest BCUT2D eigenvalue weighted by atomic mass is 16.5. The van der Waals surface area contributed by atoms with Crippen molar-refractivity contribution in [1.82, 2.24) is 5.32 Å². The van der Waals surface area contributed by atoms with Gasteiger partial charge in [-0.05, 0) is 31.4 Å². The molecule has 3 nitrogen and oxygen atoms in total. The van der Waals surface area contributed by atoms with E-state index in [1.807, 2.05) is 6.07 Å². The minimum Gasteiger partial charge on any atom is -0.396 e. The molecule has 2 N–H and O–H groups in total. The van der Waals surface area contributed by atoms with Gasteiger partial charge in [-0.15, -0.1) is 0 Å². The molecule has 96 valence electrons. The Hall–Kier alpha value is -0.900. The SMILES string of the molecule is COCC(CCO)NCCCc1ccccc1. The molecular formula is C14H23NO2. The molecule has 1 unspecified atom stereocenters. The Kier molecular flexibility index (Phi) is 7.63. The van der Waals surface area contributed by atoms with Gasteiger partial charge in [0, 0.05) is 19.8 Å². The molecule has 0 fully saturated rings. The zero-order valence-corrected chi connectivity index (χ0v) is 10.6. The van der Waals surface area contributed by atoms with Gasteiger partial charge in [0.1, 0.15) is 0 Å². The van der Waals surface area contributed by atoms with Crippen LogP contribution in [-0.4, -0.2) is 38.0 Å². The normalized spacial score (nSPS) is 12.6. The summed E-state index contributed by atoms with van der Waals surface area (Å²) in [5.41, 5.74) is 1.37. The van der Waals surface area contributed by atoms with Crippen molar-refractivity contribution in [3.8, 4) is 0 Å². The lowest BCUT2D eigenvalue weighted by Gasteiger charge is -2.16. The third kappa shape index (κ3) is 6.41. The zero-order valence-electron chi connectivity index (χ0n) is 10.6. The molecule has 0 aliphatic carbocycles. The smallest absolute Gasteiger partial charge is 0.0616 e. The van der Waals surface area contributed by atoms with E-state index in [0.29, 0.717) is 6.61 Å². The highest BCUT2D eigenvalue weighted by molar-refractivity contribution is 5.14. The lowest BCUT2D eigenvalue weighted by molar-refractivity contribution is 0.148. The number of nitrogens with one attached hydrogen (secondary N) is 1. The van der Waals surface area contributed by atoms with Crippen LogP contribution < -0.4 is 5.32 Å². The fourth-order valence-electron chi connectivity index (χ4n) is 1.84. The minimum atomic E-state index is 0.208. The molecule has 0 bridgehead atoms. The number of ether oxygens (including phenoxy) is 1. The lowest BCUT2D eigenvalue weighted by atomic mass is 10.1. The van der Waals surface area contributed by atoms with Crippen LogP contribution in [0.4, 0.5) is 0 Å². The lowest BCUT2D eigenvalue weighted by Crippen LogP contribution is -2.34. The molecule has 0 aliphatic heterocycles. The Morgan fingerprint density at radius 3 is 2.71 bits per heavy atom. The van der Waals surface area contributed by atoms with Crippen molar-refractivity contribution in [3.05, 3.63) is 35.9 Å². The van der Waals surface area contributed by atoms with Crippen LogP contribution in [0.15, 0.2) is 30.3 Å². The molecule has 0 heterocycles. The van der Waals surface area contributed by atoms with Gasteiger partial charge in [0.15, 0.2) is 0 Å². The van der Waals surface area contributed by atoms with E-state index in [4.69, 9.17) is 9.84 Å². The molecule has 0 aliphatic rings. The van der Waals surface area contributed by atoms with Crippen LogP contribution in [0.2, 0.25) is 0 Å². The molecule has 3 heteroatoms. The van der Waals surface area contributed by atoms with E-state index in [9.17, 15) is 0 Å². The quantitative estimate of drug-likeness (QED) is 0.641. The molecule has 0 spiro atoms. The molecule has 0 saturated carbocycles. The molecular weight excluding hydrogens is 214 g/mol. The summed E-state index contributed by atoms with van der Waals surface area (Å²) >= 11 is 0. The van der Waals surface area contributed by atoms with Crippen LogP contribution in [0.5, 0.6) is 0 Å². The number of benzene rings is 1. The van der Waals surface area contributed by atoms with Gasteiger partial charge in [0.2, 0.25) is 0 Å². The fraction of sp³-hybridized carbons (Fsp3) is 0.571. The average Bonchev–Trinajstić information content (AvgIpc) is 2.36. The summed E-state index contributed by atoms with van der Waals surface area (Å²) in [5.74, 6) is 0. The maximum absolute atomic E-state index is 8.90. The van der Waals surface area contributed by atoms with Gasteiger partial charge in [-0.3, -0.25) is 0 Å². The van der Waals surface area contributed by atoms with Crippen molar-refractivity contribution in [1.29, 1.82) is 0 Å². The second kappa shape index (κ2) is 9.16. The molecule has 1 rings (SSSR count).